The van der Waals surface area contributed by atoms with Crippen LogP contribution < -0.4 is 10.1 Å². The number of carbonyl (C=O) groups excluding carboxylic acids is 1. The number of benzene rings is 1. The van der Waals surface area contributed by atoms with E-state index < -0.39 is 6.61 Å². The molecule has 0 atom stereocenters. The van der Waals surface area contributed by atoms with Crippen LogP contribution in [0.15, 0.2) is 29.6 Å². The van der Waals surface area contributed by atoms with Crippen LogP contribution in [0.2, 0.25) is 5.02 Å². The molecule has 27 heavy (non-hydrogen) atoms. The normalized spacial score (nSPS) is 11.2. The molecule has 1 amide bonds. The van der Waals surface area contributed by atoms with Gasteiger partial charge in [-0.1, -0.05) is 23.4 Å². The van der Waals surface area contributed by atoms with Crippen LogP contribution in [-0.4, -0.2) is 28.2 Å². The lowest BCUT2D eigenvalue weighted by atomic mass is 10.2. The number of amides is 1. The molecule has 0 aliphatic rings. The second kappa shape index (κ2) is 8.37. The van der Waals surface area contributed by atoms with Gasteiger partial charge in [0.05, 0.1) is 10.8 Å². The third-order valence-electron chi connectivity index (χ3n) is 3.70. The first-order chi connectivity index (χ1) is 12.8. The number of halogens is 3. The number of carbonyl (C=O) groups is 1. The molecule has 0 radical (unpaired) electrons. The second-order valence-corrected chi connectivity index (χ2v) is 8.08. The third kappa shape index (κ3) is 4.66. The highest BCUT2D eigenvalue weighted by molar-refractivity contribution is 8.00. The van der Waals surface area contributed by atoms with Crippen molar-refractivity contribution in [3.8, 4) is 5.75 Å². The number of hydrogen-bond donors (Lipinski definition) is 1. The van der Waals surface area contributed by atoms with E-state index in [9.17, 15) is 13.6 Å². The predicted octanol–water partition coefficient (Wildman–Crippen LogP) is 5.29. The topological polar surface area (TPSA) is 64.1 Å². The van der Waals surface area contributed by atoms with Crippen molar-refractivity contribution in [1.82, 2.24) is 9.97 Å². The van der Waals surface area contributed by atoms with E-state index in [0.717, 1.165) is 25.7 Å². The monoisotopic (exact) mass is 429 g/mol. The molecule has 0 spiro atoms. The predicted molar refractivity (Wildman–Crippen MR) is 104 cm³/mol. The van der Waals surface area contributed by atoms with E-state index >= 15 is 0 Å². The summed E-state index contributed by atoms with van der Waals surface area (Å²) in [6.45, 7) is 1.06. The van der Waals surface area contributed by atoms with Crippen molar-refractivity contribution in [3.05, 3.63) is 40.0 Å². The first-order valence-corrected chi connectivity index (χ1v) is 9.91. The Bertz CT molecular complexity index is 998. The first-order valence-electron chi connectivity index (χ1n) is 7.73. The summed E-state index contributed by atoms with van der Waals surface area (Å²) in [5, 5.41) is 4.37. The van der Waals surface area contributed by atoms with Gasteiger partial charge in [0.2, 0.25) is 5.91 Å². The number of hydrogen-bond acceptors (Lipinski definition) is 6. The first kappa shape index (κ1) is 19.8. The van der Waals surface area contributed by atoms with Gasteiger partial charge in [-0.2, -0.15) is 8.78 Å². The Kier molecular flexibility index (Phi) is 6.13. The quantitative estimate of drug-likeness (QED) is 0.426. The van der Waals surface area contributed by atoms with Crippen LogP contribution in [0.1, 0.15) is 10.4 Å². The number of nitrogens with one attached hydrogen (secondary N) is 1. The molecule has 3 aromatic rings. The minimum Gasteiger partial charge on any atom is -0.433 e. The molecule has 2 aromatic heterocycles. The molecule has 3 rings (SSSR count). The molecule has 0 aliphatic carbocycles. The van der Waals surface area contributed by atoms with Crippen molar-refractivity contribution >= 4 is 56.5 Å². The molecular weight excluding hydrogens is 416 g/mol. The SMILES string of the molecule is Cc1sc2ncnc(SCC(=O)Nc3ccc(OC(F)F)c(Cl)c3)c2c1C. The number of alkyl halides is 2. The molecule has 1 N–H and O–H groups in total. The number of fused-ring (bicyclic) bond motifs is 1. The van der Waals surface area contributed by atoms with Crippen molar-refractivity contribution in [2.24, 2.45) is 0 Å². The summed E-state index contributed by atoms with van der Waals surface area (Å²) < 4.78 is 28.8. The smallest absolute Gasteiger partial charge is 0.387 e. The summed E-state index contributed by atoms with van der Waals surface area (Å²) in [5.41, 5.74) is 1.50. The van der Waals surface area contributed by atoms with E-state index in [2.05, 4.69) is 20.0 Å². The Morgan fingerprint density at radius 1 is 1.37 bits per heavy atom. The highest BCUT2D eigenvalue weighted by Gasteiger charge is 2.14. The Hall–Kier alpha value is -1.97. The average Bonchev–Trinajstić information content (AvgIpc) is 2.90. The standard InChI is InChI=1S/C17H14ClF2N3O2S2/c1-8-9(2)27-16-14(8)15(21-7-22-16)26-6-13(24)23-10-3-4-12(11(18)5-10)25-17(19)20/h3-5,7,17H,6H2,1-2H3,(H,23,24). The fraction of sp³-hybridized carbons (Fsp3) is 0.235. The maximum atomic E-state index is 12.3. The molecule has 5 nitrogen and oxygen atoms in total. The van der Waals surface area contributed by atoms with Crippen LogP contribution in [0, 0.1) is 13.8 Å². The number of ether oxygens (including phenoxy) is 1. The number of rotatable bonds is 6. The summed E-state index contributed by atoms with van der Waals surface area (Å²) in [7, 11) is 0. The van der Waals surface area contributed by atoms with Crippen molar-refractivity contribution in [1.29, 1.82) is 0 Å². The number of thiophene rings is 1. The van der Waals surface area contributed by atoms with Gasteiger partial charge in [-0.25, -0.2) is 9.97 Å². The molecule has 0 aliphatic heterocycles. The number of aryl methyl sites for hydroxylation is 2. The lowest BCUT2D eigenvalue weighted by Gasteiger charge is -2.09. The highest BCUT2D eigenvalue weighted by atomic mass is 35.5. The summed E-state index contributed by atoms with van der Waals surface area (Å²) >= 11 is 8.78. The van der Waals surface area contributed by atoms with Gasteiger partial charge in [0.1, 0.15) is 21.9 Å². The van der Waals surface area contributed by atoms with Crippen LogP contribution in [-0.2, 0) is 4.79 Å². The molecule has 10 heteroatoms. The summed E-state index contributed by atoms with van der Waals surface area (Å²) in [6, 6.07) is 4.08. The second-order valence-electron chi connectivity index (χ2n) is 5.50. The van der Waals surface area contributed by atoms with E-state index in [4.69, 9.17) is 11.6 Å². The molecule has 0 saturated carbocycles. The molecule has 0 fully saturated rings. The van der Waals surface area contributed by atoms with Crippen molar-refractivity contribution in [3.63, 3.8) is 0 Å². The Morgan fingerprint density at radius 2 is 2.15 bits per heavy atom. The molecule has 2 heterocycles. The van der Waals surface area contributed by atoms with Gasteiger partial charge in [-0.05, 0) is 37.6 Å². The molecular formula is C17H14ClF2N3O2S2. The summed E-state index contributed by atoms with van der Waals surface area (Å²) in [4.78, 5) is 22.8. The number of aromatic nitrogens is 2. The lowest BCUT2D eigenvalue weighted by molar-refractivity contribution is -0.113. The van der Waals surface area contributed by atoms with Crippen LogP contribution in [0.3, 0.4) is 0 Å². The van der Waals surface area contributed by atoms with Crippen molar-refractivity contribution < 1.29 is 18.3 Å². The minimum absolute atomic E-state index is 0.0114. The molecule has 1 aromatic carbocycles. The zero-order valence-corrected chi connectivity index (χ0v) is 16.6. The lowest BCUT2D eigenvalue weighted by Crippen LogP contribution is -2.14. The minimum atomic E-state index is -2.96. The van der Waals surface area contributed by atoms with E-state index in [1.165, 1.54) is 36.3 Å². The number of thioether (sulfide) groups is 1. The van der Waals surface area contributed by atoms with Crippen molar-refractivity contribution in [2.45, 2.75) is 25.5 Å². The van der Waals surface area contributed by atoms with E-state index in [0.29, 0.717) is 5.69 Å². The van der Waals surface area contributed by atoms with Gasteiger partial charge < -0.3 is 10.1 Å². The van der Waals surface area contributed by atoms with Crippen LogP contribution >= 0.6 is 34.7 Å². The maximum Gasteiger partial charge on any atom is 0.387 e. The summed E-state index contributed by atoms with van der Waals surface area (Å²) in [6.07, 6.45) is 1.49. The van der Waals surface area contributed by atoms with Gasteiger partial charge in [0, 0.05) is 16.0 Å². The highest BCUT2D eigenvalue weighted by Crippen LogP contribution is 2.34. The van der Waals surface area contributed by atoms with Crippen LogP contribution in [0.5, 0.6) is 5.75 Å². The third-order valence-corrected chi connectivity index (χ3v) is 6.10. The van der Waals surface area contributed by atoms with Gasteiger partial charge >= 0.3 is 6.61 Å². The molecule has 0 saturated heterocycles. The van der Waals surface area contributed by atoms with E-state index in [1.807, 2.05) is 13.8 Å². The summed E-state index contributed by atoms with van der Waals surface area (Å²) in [5.74, 6) is -0.284. The largest absolute Gasteiger partial charge is 0.433 e. The van der Waals surface area contributed by atoms with Crippen LogP contribution in [0.25, 0.3) is 10.2 Å². The number of nitrogens with zero attached hydrogens (tertiary/aromatic N) is 2. The zero-order valence-electron chi connectivity index (χ0n) is 14.3. The van der Waals surface area contributed by atoms with Gasteiger partial charge in [-0.3, -0.25) is 4.79 Å². The van der Waals surface area contributed by atoms with Crippen LogP contribution in [0.4, 0.5) is 14.5 Å². The fourth-order valence-electron chi connectivity index (χ4n) is 2.36. The van der Waals surface area contributed by atoms with Gasteiger partial charge in [0.15, 0.2) is 0 Å². The average molecular weight is 430 g/mol. The Labute approximate surface area is 167 Å². The van der Waals surface area contributed by atoms with E-state index in [-0.39, 0.29) is 22.4 Å². The molecule has 0 bridgehead atoms. The maximum absolute atomic E-state index is 12.3. The Morgan fingerprint density at radius 3 is 2.85 bits per heavy atom. The molecule has 142 valence electrons. The van der Waals surface area contributed by atoms with Crippen molar-refractivity contribution in [2.75, 3.05) is 11.1 Å². The van der Waals surface area contributed by atoms with Gasteiger partial charge in [-0.15, -0.1) is 11.3 Å². The molecule has 0 unspecified atom stereocenters. The van der Waals surface area contributed by atoms with E-state index in [1.54, 1.807) is 11.3 Å². The zero-order chi connectivity index (χ0) is 19.6. The van der Waals surface area contributed by atoms with Gasteiger partial charge in [0.25, 0.3) is 0 Å². The fourth-order valence-corrected chi connectivity index (χ4v) is 4.50. The Balaban J connectivity index is 1.66. The number of anilines is 1.